The standard InChI is InChI=1S/C20H26N6S/c1-3-26-13-16(11-22-26)12-25-9-5-6-17(14-25)18-7-4-8-19(23-18)24-20-21-10-15(2)27-20/h4,7-8,10-11,13,17H,3,5-6,9,12,14H2,1-2H3,(H,21,23,24)/t17-/m0/s1. The molecule has 0 saturated carbocycles. The summed E-state index contributed by atoms with van der Waals surface area (Å²) in [7, 11) is 0. The number of hydrogen-bond donors (Lipinski definition) is 1. The van der Waals surface area contributed by atoms with E-state index in [-0.39, 0.29) is 0 Å². The first-order valence-electron chi connectivity index (χ1n) is 9.59. The molecule has 7 heteroatoms. The van der Waals surface area contributed by atoms with Crippen molar-refractivity contribution in [2.45, 2.75) is 45.7 Å². The van der Waals surface area contributed by atoms with E-state index in [1.807, 2.05) is 23.1 Å². The van der Waals surface area contributed by atoms with E-state index < -0.39 is 0 Å². The van der Waals surface area contributed by atoms with Crippen LogP contribution in [0.4, 0.5) is 10.9 Å². The Kier molecular flexibility index (Phi) is 5.50. The van der Waals surface area contributed by atoms with Crippen molar-refractivity contribution in [1.82, 2.24) is 24.6 Å². The minimum absolute atomic E-state index is 0.472. The van der Waals surface area contributed by atoms with Crippen molar-refractivity contribution in [3.8, 4) is 0 Å². The smallest absolute Gasteiger partial charge is 0.188 e. The number of thiazole rings is 1. The van der Waals surface area contributed by atoms with Crippen molar-refractivity contribution >= 4 is 22.3 Å². The highest BCUT2D eigenvalue weighted by Gasteiger charge is 2.23. The van der Waals surface area contributed by atoms with E-state index in [2.05, 4.69) is 52.5 Å². The molecule has 1 fully saturated rings. The minimum atomic E-state index is 0.472. The number of nitrogens with zero attached hydrogens (tertiary/aromatic N) is 5. The summed E-state index contributed by atoms with van der Waals surface area (Å²) < 4.78 is 1.99. The largest absolute Gasteiger partial charge is 0.316 e. The van der Waals surface area contributed by atoms with E-state index in [4.69, 9.17) is 4.98 Å². The summed E-state index contributed by atoms with van der Waals surface area (Å²) in [5.41, 5.74) is 2.46. The number of likely N-dealkylation sites (tertiary alicyclic amines) is 1. The molecule has 4 heterocycles. The van der Waals surface area contributed by atoms with Crippen LogP contribution in [0.25, 0.3) is 0 Å². The van der Waals surface area contributed by atoms with Crippen LogP contribution in [-0.4, -0.2) is 37.7 Å². The van der Waals surface area contributed by atoms with Crippen LogP contribution in [0.15, 0.2) is 36.8 Å². The van der Waals surface area contributed by atoms with Crippen molar-refractivity contribution in [2.24, 2.45) is 0 Å². The first kappa shape index (κ1) is 18.1. The highest BCUT2D eigenvalue weighted by atomic mass is 32.1. The van der Waals surface area contributed by atoms with Gasteiger partial charge in [0.15, 0.2) is 5.13 Å². The molecule has 3 aromatic heterocycles. The van der Waals surface area contributed by atoms with Gasteiger partial charge in [-0.15, -0.1) is 11.3 Å². The Bertz CT molecular complexity index is 886. The van der Waals surface area contributed by atoms with Crippen LogP contribution in [0.2, 0.25) is 0 Å². The first-order valence-corrected chi connectivity index (χ1v) is 10.4. The van der Waals surface area contributed by atoms with Gasteiger partial charge in [-0.1, -0.05) is 6.07 Å². The summed E-state index contributed by atoms with van der Waals surface area (Å²) >= 11 is 1.65. The van der Waals surface area contributed by atoms with E-state index >= 15 is 0 Å². The molecule has 1 atom stereocenters. The Morgan fingerprint density at radius 3 is 3.00 bits per heavy atom. The quantitative estimate of drug-likeness (QED) is 0.693. The molecular formula is C20H26N6S. The number of pyridine rings is 1. The molecule has 0 aromatic carbocycles. The number of hydrogen-bond acceptors (Lipinski definition) is 6. The maximum Gasteiger partial charge on any atom is 0.188 e. The molecule has 0 amide bonds. The Morgan fingerprint density at radius 2 is 2.22 bits per heavy atom. The SMILES string of the molecule is CCn1cc(CN2CCC[C@H](c3cccc(Nc4ncc(C)s4)n3)C2)cn1. The highest BCUT2D eigenvalue weighted by Crippen LogP contribution is 2.28. The van der Waals surface area contributed by atoms with Crippen LogP contribution >= 0.6 is 11.3 Å². The van der Waals surface area contributed by atoms with Gasteiger partial charge in [0.2, 0.25) is 0 Å². The molecule has 0 radical (unpaired) electrons. The van der Waals surface area contributed by atoms with E-state index in [9.17, 15) is 0 Å². The number of aromatic nitrogens is 4. The molecule has 6 nitrogen and oxygen atoms in total. The molecule has 0 aliphatic carbocycles. The number of aryl methyl sites for hydroxylation is 2. The van der Waals surface area contributed by atoms with Crippen molar-refractivity contribution in [3.05, 3.63) is 52.9 Å². The molecule has 142 valence electrons. The van der Waals surface area contributed by atoms with Crippen LogP contribution in [-0.2, 0) is 13.1 Å². The summed E-state index contributed by atoms with van der Waals surface area (Å²) in [5, 5.41) is 8.63. The lowest BCUT2D eigenvalue weighted by molar-refractivity contribution is 0.198. The highest BCUT2D eigenvalue weighted by molar-refractivity contribution is 7.15. The normalized spacial score (nSPS) is 17.9. The molecule has 0 spiro atoms. The average Bonchev–Trinajstić information content (AvgIpc) is 3.31. The first-order chi connectivity index (χ1) is 13.2. The molecule has 0 bridgehead atoms. The number of nitrogens with one attached hydrogen (secondary N) is 1. The zero-order chi connectivity index (χ0) is 18.6. The maximum absolute atomic E-state index is 4.87. The van der Waals surface area contributed by atoms with E-state index in [0.29, 0.717) is 5.92 Å². The minimum Gasteiger partial charge on any atom is -0.316 e. The monoisotopic (exact) mass is 382 g/mol. The Morgan fingerprint density at radius 1 is 1.30 bits per heavy atom. The van der Waals surface area contributed by atoms with Gasteiger partial charge in [-0.2, -0.15) is 5.10 Å². The lowest BCUT2D eigenvalue weighted by Crippen LogP contribution is -2.34. The molecule has 27 heavy (non-hydrogen) atoms. The average molecular weight is 383 g/mol. The molecular weight excluding hydrogens is 356 g/mol. The van der Waals surface area contributed by atoms with Crippen LogP contribution in [0, 0.1) is 6.92 Å². The summed E-state index contributed by atoms with van der Waals surface area (Å²) in [6.07, 6.45) is 8.43. The Balaban J connectivity index is 1.42. The lowest BCUT2D eigenvalue weighted by Gasteiger charge is -2.32. The molecule has 1 saturated heterocycles. The Hall–Kier alpha value is -2.25. The van der Waals surface area contributed by atoms with Gasteiger partial charge in [0.25, 0.3) is 0 Å². The fraction of sp³-hybridized carbons (Fsp3) is 0.450. The van der Waals surface area contributed by atoms with Crippen molar-refractivity contribution in [2.75, 3.05) is 18.4 Å². The topological polar surface area (TPSA) is 58.9 Å². The number of anilines is 2. The maximum atomic E-state index is 4.87. The summed E-state index contributed by atoms with van der Waals surface area (Å²) in [6, 6.07) is 6.26. The van der Waals surface area contributed by atoms with E-state index in [1.54, 1.807) is 11.3 Å². The van der Waals surface area contributed by atoms with Crippen LogP contribution in [0.1, 0.15) is 41.8 Å². The second-order valence-corrected chi connectivity index (χ2v) is 8.36. The van der Waals surface area contributed by atoms with Crippen molar-refractivity contribution < 1.29 is 0 Å². The van der Waals surface area contributed by atoms with Crippen molar-refractivity contribution in [3.63, 3.8) is 0 Å². The molecule has 1 aliphatic rings. The van der Waals surface area contributed by atoms with Gasteiger partial charge in [0.1, 0.15) is 5.82 Å². The molecule has 1 N–H and O–H groups in total. The molecule has 3 aromatic rings. The van der Waals surface area contributed by atoms with Gasteiger partial charge in [-0.3, -0.25) is 9.58 Å². The van der Waals surface area contributed by atoms with Gasteiger partial charge in [0, 0.05) is 54.1 Å². The van der Waals surface area contributed by atoms with Gasteiger partial charge in [0.05, 0.1) is 6.20 Å². The molecule has 4 rings (SSSR count). The van der Waals surface area contributed by atoms with Gasteiger partial charge in [-0.25, -0.2) is 9.97 Å². The zero-order valence-corrected chi connectivity index (χ0v) is 16.7. The third-order valence-electron chi connectivity index (χ3n) is 4.97. The third-order valence-corrected chi connectivity index (χ3v) is 5.80. The Labute approximate surface area is 164 Å². The number of rotatable bonds is 6. The molecule has 1 aliphatic heterocycles. The summed E-state index contributed by atoms with van der Waals surface area (Å²) in [5.74, 6) is 1.35. The van der Waals surface area contributed by atoms with E-state index in [1.165, 1.54) is 29.0 Å². The fourth-order valence-corrected chi connectivity index (χ4v) is 4.30. The van der Waals surface area contributed by atoms with Crippen LogP contribution in [0.5, 0.6) is 0 Å². The van der Waals surface area contributed by atoms with Crippen LogP contribution < -0.4 is 5.32 Å². The predicted octanol–water partition coefficient (Wildman–Crippen LogP) is 4.19. The molecule has 0 unspecified atom stereocenters. The summed E-state index contributed by atoms with van der Waals surface area (Å²) in [4.78, 5) is 13.0. The summed E-state index contributed by atoms with van der Waals surface area (Å²) in [6.45, 7) is 8.26. The van der Waals surface area contributed by atoms with Crippen molar-refractivity contribution in [1.29, 1.82) is 0 Å². The number of piperidine rings is 1. The lowest BCUT2D eigenvalue weighted by atomic mass is 9.94. The second kappa shape index (κ2) is 8.19. The van der Waals surface area contributed by atoms with E-state index in [0.717, 1.165) is 37.1 Å². The second-order valence-electron chi connectivity index (χ2n) is 7.13. The fourth-order valence-electron chi connectivity index (χ4n) is 3.63. The van der Waals surface area contributed by atoms with Gasteiger partial charge < -0.3 is 5.32 Å². The third kappa shape index (κ3) is 4.54. The zero-order valence-electron chi connectivity index (χ0n) is 15.9. The van der Waals surface area contributed by atoms with Gasteiger partial charge >= 0.3 is 0 Å². The van der Waals surface area contributed by atoms with Gasteiger partial charge in [-0.05, 0) is 45.4 Å². The van der Waals surface area contributed by atoms with Crippen LogP contribution in [0.3, 0.4) is 0 Å². The predicted molar refractivity (Wildman–Crippen MR) is 110 cm³/mol.